The Morgan fingerprint density at radius 2 is 1.52 bits per heavy atom. The molecule has 23 heavy (non-hydrogen) atoms. The van der Waals surface area contributed by atoms with Gasteiger partial charge in [0.1, 0.15) is 31.0 Å². The van der Waals surface area contributed by atoms with Crippen LogP contribution in [0.3, 0.4) is 0 Å². The molecule has 1 aliphatic heterocycles. The van der Waals surface area contributed by atoms with E-state index in [0.29, 0.717) is 6.42 Å². The van der Waals surface area contributed by atoms with Crippen LogP contribution in [0.25, 0.3) is 0 Å². The predicted octanol–water partition coefficient (Wildman–Crippen LogP) is 0.470. The van der Waals surface area contributed by atoms with Crippen molar-refractivity contribution in [3.05, 3.63) is 0 Å². The van der Waals surface area contributed by atoms with Crippen LogP contribution in [0.4, 0.5) is 0 Å². The summed E-state index contributed by atoms with van der Waals surface area (Å²) in [7, 11) is 0. The van der Waals surface area contributed by atoms with Gasteiger partial charge in [0.25, 0.3) is 0 Å². The van der Waals surface area contributed by atoms with Crippen LogP contribution in [0.1, 0.15) is 58.3 Å². The zero-order chi connectivity index (χ0) is 17.2. The van der Waals surface area contributed by atoms with Crippen molar-refractivity contribution < 1.29 is 34.7 Å². The highest BCUT2D eigenvalue weighted by molar-refractivity contribution is 5.69. The lowest BCUT2D eigenvalue weighted by molar-refractivity contribution is -0.287. The van der Waals surface area contributed by atoms with E-state index in [2.05, 4.69) is 6.92 Å². The Hall–Kier alpha value is -0.730. The van der Waals surface area contributed by atoms with Crippen LogP contribution < -0.4 is 0 Å². The molecule has 0 aromatic carbocycles. The molecule has 1 fully saturated rings. The number of hydrogen-bond acceptors (Lipinski definition) is 7. The van der Waals surface area contributed by atoms with E-state index in [-0.39, 0.29) is 6.61 Å². The third-order valence-electron chi connectivity index (χ3n) is 4.08. The molecule has 0 aromatic heterocycles. The van der Waals surface area contributed by atoms with Gasteiger partial charge in [-0.3, -0.25) is 4.79 Å². The first-order valence-electron chi connectivity index (χ1n) is 8.50. The number of esters is 1. The largest absolute Gasteiger partial charge is 0.463 e. The number of aliphatic hydroxyl groups is 4. The second-order valence-electron chi connectivity index (χ2n) is 6.09. The predicted molar refractivity (Wildman–Crippen MR) is 82.5 cm³/mol. The van der Waals surface area contributed by atoms with Gasteiger partial charge in [-0.2, -0.15) is 0 Å². The third kappa shape index (κ3) is 7.14. The minimum absolute atomic E-state index is 0.267. The molecule has 0 amide bonds. The molecule has 5 atom stereocenters. The second-order valence-corrected chi connectivity index (χ2v) is 6.09. The SMILES string of the molecule is CCCCCCCCCC(=O)OC[C@H]1O[C@H](O)[C@@H](O)[C@@H](O)[C@@H]1O. The highest BCUT2D eigenvalue weighted by Gasteiger charge is 2.43. The molecule has 0 unspecified atom stereocenters. The number of carbonyl (C=O) groups excluding carboxylic acids is 1. The summed E-state index contributed by atoms with van der Waals surface area (Å²) in [6.07, 6.45) is 0.806. The molecule has 7 heteroatoms. The first kappa shape index (κ1) is 20.3. The van der Waals surface area contributed by atoms with E-state index >= 15 is 0 Å². The fourth-order valence-corrected chi connectivity index (χ4v) is 2.54. The van der Waals surface area contributed by atoms with Crippen molar-refractivity contribution >= 4 is 5.97 Å². The minimum Gasteiger partial charge on any atom is -0.463 e. The zero-order valence-corrected chi connectivity index (χ0v) is 13.8. The van der Waals surface area contributed by atoms with Crippen LogP contribution in [0, 0.1) is 0 Å². The molecule has 1 rings (SSSR count). The number of carbonyl (C=O) groups is 1. The number of ether oxygens (including phenoxy) is 2. The normalized spacial score (nSPS) is 31.1. The maximum absolute atomic E-state index is 11.6. The zero-order valence-electron chi connectivity index (χ0n) is 13.8. The molecule has 4 N–H and O–H groups in total. The van der Waals surface area contributed by atoms with Gasteiger partial charge in [-0.05, 0) is 6.42 Å². The molecule has 0 bridgehead atoms. The summed E-state index contributed by atoms with van der Waals surface area (Å²) < 4.78 is 9.93. The molecule has 0 spiro atoms. The maximum Gasteiger partial charge on any atom is 0.305 e. The summed E-state index contributed by atoms with van der Waals surface area (Å²) in [5.41, 5.74) is 0. The third-order valence-corrected chi connectivity index (χ3v) is 4.08. The molecule has 0 aromatic rings. The van der Waals surface area contributed by atoms with Gasteiger partial charge in [0.2, 0.25) is 0 Å². The van der Waals surface area contributed by atoms with Crippen LogP contribution in [0.5, 0.6) is 0 Å². The molecular formula is C16H30O7. The highest BCUT2D eigenvalue weighted by atomic mass is 16.6. The van der Waals surface area contributed by atoms with Crippen LogP contribution in [-0.4, -0.2) is 63.7 Å². The van der Waals surface area contributed by atoms with E-state index in [1.165, 1.54) is 25.7 Å². The van der Waals surface area contributed by atoms with Crippen molar-refractivity contribution in [2.24, 2.45) is 0 Å². The average Bonchev–Trinajstić information content (AvgIpc) is 2.54. The van der Waals surface area contributed by atoms with Crippen molar-refractivity contribution in [3.63, 3.8) is 0 Å². The Kier molecular flexibility index (Phi) is 9.66. The van der Waals surface area contributed by atoms with Crippen molar-refractivity contribution in [1.29, 1.82) is 0 Å². The number of rotatable bonds is 10. The molecule has 0 radical (unpaired) electrons. The number of unbranched alkanes of at least 4 members (excludes halogenated alkanes) is 6. The lowest BCUT2D eigenvalue weighted by Crippen LogP contribution is -2.58. The molecule has 0 saturated carbocycles. The number of hydrogen-bond donors (Lipinski definition) is 4. The lowest BCUT2D eigenvalue weighted by Gasteiger charge is -2.37. The Balaban J connectivity index is 2.13. The van der Waals surface area contributed by atoms with Crippen LogP contribution >= 0.6 is 0 Å². The van der Waals surface area contributed by atoms with E-state index < -0.39 is 36.7 Å². The van der Waals surface area contributed by atoms with Crippen molar-refractivity contribution in [2.45, 2.75) is 89.0 Å². The summed E-state index contributed by atoms with van der Waals surface area (Å²) in [5, 5.41) is 38.0. The van der Waals surface area contributed by atoms with Gasteiger partial charge in [-0.25, -0.2) is 0 Å². The molecule has 1 heterocycles. The van der Waals surface area contributed by atoms with E-state index in [1.807, 2.05) is 0 Å². The Labute approximate surface area is 137 Å². The van der Waals surface area contributed by atoms with Gasteiger partial charge in [0, 0.05) is 6.42 Å². The first-order valence-corrected chi connectivity index (χ1v) is 8.50. The summed E-state index contributed by atoms with van der Waals surface area (Å²) in [6, 6.07) is 0. The van der Waals surface area contributed by atoms with Gasteiger partial charge in [0.15, 0.2) is 6.29 Å². The van der Waals surface area contributed by atoms with Crippen LogP contribution in [0.15, 0.2) is 0 Å². The Morgan fingerprint density at radius 1 is 0.913 bits per heavy atom. The van der Waals surface area contributed by atoms with Crippen LogP contribution in [-0.2, 0) is 14.3 Å². The summed E-state index contributed by atoms with van der Waals surface area (Å²) >= 11 is 0. The smallest absolute Gasteiger partial charge is 0.305 e. The topological polar surface area (TPSA) is 116 Å². The standard InChI is InChI=1S/C16H30O7/c1-2-3-4-5-6-7-8-9-12(17)22-10-11-13(18)14(19)15(20)16(21)23-11/h11,13-16,18-21H,2-10H2,1H3/t11-,13-,14+,15+,16+/m1/s1. The summed E-state index contributed by atoms with van der Waals surface area (Å²) in [4.78, 5) is 11.6. The summed E-state index contributed by atoms with van der Waals surface area (Å²) in [5.74, 6) is -0.399. The number of aliphatic hydroxyl groups excluding tert-OH is 4. The summed E-state index contributed by atoms with van der Waals surface area (Å²) in [6.45, 7) is 1.90. The average molecular weight is 334 g/mol. The van der Waals surface area contributed by atoms with Crippen molar-refractivity contribution in [2.75, 3.05) is 6.61 Å². The van der Waals surface area contributed by atoms with Crippen LogP contribution in [0.2, 0.25) is 0 Å². The van der Waals surface area contributed by atoms with Crippen molar-refractivity contribution in [3.8, 4) is 0 Å². The monoisotopic (exact) mass is 334 g/mol. The highest BCUT2D eigenvalue weighted by Crippen LogP contribution is 2.20. The Bertz CT molecular complexity index is 336. The molecule has 1 saturated heterocycles. The van der Waals surface area contributed by atoms with E-state index in [9.17, 15) is 25.2 Å². The van der Waals surface area contributed by atoms with E-state index in [1.54, 1.807) is 0 Å². The Morgan fingerprint density at radius 3 is 2.17 bits per heavy atom. The molecule has 0 aliphatic carbocycles. The van der Waals surface area contributed by atoms with E-state index in [0.717, 1.165) is 19.3 Å². The second kappa shape index (κ2) is 10.9. The van der Waals surface area contributed by atoms with Gasteiger partial charge in [-0.1, -0.05) is 45.4 Å². The fourth-order valence-electron chi connectivity index (χ4n) is 2.54. The van der Waals surface area contributed by atoms with Crippen molar-refractivity contribution in [1.82, 2.24) is 0 Å². The minimum atomic E-state index is -1.61. The molecule has 7 nitrogen and oxygen atoms in total. The van der Waals surface area contributed by atoms with Gasteiger partial charge in [-0.15, -0.1) is 0 Å². The quantitative estimate of drug-likeness (QED) is 0.339. The van der Waals surface area contributed by atoms with Gasteiger partial charge < -0.3 is 29.9 Å². The lowest BCUT2D eigenvalue weighted by atomic mass is 9.99. The molecule has 136 valence electrons. The first-order chi connectivity index (χ1) is 11.0. The van der Waals surface area contributed by atoms with E-state index in [4.69, 9.17) is 9.47 Å². The van der Waals surface area contributed by atoms with Gasteiger partial charge >= 0.3 is 5.97 Å². The molecule has 1 aliphatic rings. The van der Waals surface area contributed by atoms with Gasteiger partial charge in [0.05, 0.1) is 0 Å². The fraction of sp³-hybridized carbons (Fsp3) is 0.938. The maximum atomic E-state index is 11.6. The molecular weight excluding hydrogens is 304 g/mol.